The summed E-state index contributed by atoms with van der Waals surface area (Å²) in [6.07, 6.45) is 4.34. The molecule has 20 heavy (non-hydrogen) atoms. The van der Waals surface area contributed by atoms with Gasteiger partial charge in [0.05, 0.1) is 11.6 Å². The van der Waals surface area contributed by atoms with E-state index >= 15 is 0 Å². The highest BCUT2D eigenvalue weighted by Crippen LogP contribution is 2.25. The van der Waals surface area contributed by atoms with E-state index in [0.717, 1.165) is 45.3 Å². The first-order valence-electron chi connectivity index (χ1n) is 7.82. The number of rotatable bonds is 4. The number of likely N-dealkylation sites (N-methyl/N-ethyl adjacent to an activating group) is 1. The Bertz CT molecular complexity index is 335. The van der Waals surface area contributed by atoms with Crippen LogP contribution >= 0.6 is 0 Å². The fourth-order valence-electron chi connectivity index (χ4n) is 3.54. The molecule has 2 rings (SSSR count). The zero-order valence-electron chi connectivity index (χ0n) is 13.1. The second kappa shape index (κ2) is 6.41. The lowest BCUT2D eigenvalue weighted by Gasteiger charge is -2.37. The van der Waals surface area contributed by atoms with E-state index in [2.05, 4.69) is 10.2 Å². The van der Waals surface area contributed by atoms with E-state index in [1.54, 1.807) is 25.8 Å². The van der Waals surface area contributed by atoms with Crippen molar-refractivity contribution in [2.45, 2.75) is 57.2 Å². The molecule has 0 aliphatic carbocycles. The molecule has 0 aromatic heterocycles. The van der Waals surface area contributed by atoms with E-state index < -0.39 is 5.60 Å². The van der Waals surface area contributed by atoms with Crippen molar-refractivity contribution in [3.05, 3.63) is 0 Å². The van der Waals surface area contributed by atoms with Crippen LogP contribution in [0.2, 0.25) is 0 Å². The Morgan fingerprint density at radius 3 is 2.60 bits per heavy atom. The zero-order valence-corrected chi connectivity index (χ0v) is 13.1. The average Bonchev–Trinajstić information content (AvgIpc) is 2.86. The number of carbonyl (C=O) groups excluding carboxylic acids is 1. The Labute approximate surface area is 122 Å². The minimum absolute atomic E-state index is 0.0189. The molecule has 0 radical (unpaired) electrons. The van der Waals surface area contributed by atoms with Crippen LogP contribution in [0.5, 0.6) is 0 Å². The summed E-state index contributed by atoms with van der Waals surface area (Å²) in [5, 5.41) is 13.3. The van der Waals surface area contributed by atoms with Gasteiger partial charge in [-0.2, -0.15) is 0 Å². The summed E-state index contributed by atoms with van der Waals surface area (Å²) in [6, 6.07) is 0.564. The molecule has 1 atom stereocenters. The van der Waals surface area contributed by atoms with Gasteiger partial charge in [0.2, 0.25) is 5.91 Å². The number of nitrogens with one attached hydrogen (secondary N) is 1. The standard InChI is InChI=1S/C15H29N3O2/c1-15(2,20)11-17(3)14(19)13-5-4-10-18(13)12-6-8-16-9-7-12/h12-13,16,20H,4-11H2,1-3H3. The molecule has 0 bridgehead atoms. The number of hydrogen-bond acceptors (Lipinski definition) is 4. The van der Waals surface area contributed by atoms with E-state index in [-0.39, 0.29) is 11.9 Å². The van der Waals surface area contributed by atoms with Gasteiger partial charge in [0.25, 0.3) is 0 Å². The monoisotopic (exact) mass is 283 g/mol. The van der Waals surface area contributed by atoms with Gasteiger partial charge in [-0.25, -0.2) is 0 Å². The van der Waals surface area contributed by atoms with Crippen molar-refractivity contribution in [2.24, 2.45) is 0 Å². The first-order chi connectivity index (χ1) is 9.38. The van der Waals surface area contributed by atoms with Gasteiger partial charge >= 0.3 is 0 Å². The molecular formula is C15H29N3O2. The van der Waals surface area contributed by atoms with Crippen LogP contribution in [-0.2, 0) is 4.79 Å². The van der Waals surface area contributed by atoms with E-state index in [0.29, 0.717) is 12.6 Å². The molecule has 0 saturated carbocycles. The fraction of sp³-hybridized carbons (Fsp3) is 0.933. The third kappa shape index (κ3) is 3.93. The van der Waals surface area contributed by atoms with Crippen LogP contribution in [0.15, 0.2) is 0 Å². The SMILES string of the molecule is CN(CC(C)(C)O)C(=O)C1CCCN1C1CCNCC1. The summed E-state index contributed by atoms with van der Waals surface area (Å²) in [5.41, 5.74) is -0.831. The van der Waals surface area contributed by atoms with Crippen molar-refractivity contribution in [3.63, 3.8) is 0 Å². The summed E-state index contributed by atoms with van der Waals surface area (Å²) in [4.78, 5) is 16.7. The lowest BCUT2D eigenvalue weighted by molar-refractivity contribution is -0.138. The highest BCUT2D eigenvalue weighted by Gasteiger charge is 2.37. The van der Waals surface area contributed by atoms with Crippen LogP contribution in [-0.4, -0.2) is 71.7 Å². The third-order valence-corrected chi connectivity index (χ3v) is 4.36. The molecule has 2 heterocycles. The van der Waals surface area contributed by atoms with Gasteiger partial charge in [0.15, 0.2) is 0 Å². The van der Waals surface area contributed by atoms with Gasteiger partial charge in [-0.05, 0) is 59.2 Å². The maximum atomic E-state index is 12.6. The fourth-order valence-corrected chi connectivity index (χ4v) is 3.54. The molecule has 5 heteroatoms. The number of nitrogens with zero attached hydrogens (tertiary/aromatic N) is 2. The van der Waals surface area contributed by atoms with Gasteiger partial charge in [0, 0.05) is 19.6 Å². The first-order valence-corrected chi connectivity index (χ1v) is 7.82. The molecular weight excluding hydrogens is 254 g/mol. The minimum Gasteiger partial charge on any atom is -0.389 e. The average molecular weight is 283 g/mol. The summed E-state index contributed by atoms with van der Waals surface area (Å²) >= 11 is 0. The van der Waals surface area contributed by atoms with Crippen molar-refractivity contribution in [1.82, 2.24) is 15.1 Å². The Kier molecular flexibility index (Phi) is 5.04. The Morgan fingerprint density at radius 2 is 2.00 bits per heavy atom. The smallest absolute Gasteiger partial charge is 0.239 e. The Morgan fingerprint density at radius 1 is 1.35 bits per heavy atom. The van der Waals surface area contributed by atoms with Gasteiger partial charge in [-0.15, -0.1) is 0 Å². The predicted octanol–water partition coefficient (Wildman–Crippen LogP) is 0.432. The molecule has 2 aliphatic rings. The maximum Gasteiger partial charge on any atom is 0.239 e. The van der Waals surface area contributed by atoms with Gasteiger partial charge < -0.3 is 15.3 Å². The topological polar surface area (TPSA) is 55.8 Å². The van der Waals surface area contributed by atoms with Crippen LogP contribution < -0.4 is 5.32 Å². The normalized spacial score (nSPS) is 25.9. The highest BCUT2D eigenvalue weighted by atomic mass is 16.3. The van der Waals surface area contributed by atoms with Crippen LogP contribution in [0.1, 0.15) is 39.5 Å². The van der Waals surface area contributed by atoms with Crippen molar-refractivity contribution in [3.8, 4) is 0 Å². The van der Waals surface area contributed by atoms with Gasteiger partial charge in [-0.3, -0.25) is 9.69 Å². The van der Waals surface area contributed by atoms with Crippen LogP contribution in [0.4, 0.5) is 0 Å². The lowest BCUT2D eigenvalue weighted by Crippen LogP contribution is -2.52. The molecule has 5 nitrogen and oxygen atoms in total. The number of piperidine rings is 1. The second-order valence-corrected chi connectivity index (χ2v) is 6.88. The van der Waals surface area contributed by atoms with Crippen molar-refractivity contribution < 1.29 is 9.90 Å². The molecule has 1 amide bonds. The lowest BCUT2D eigenvalue weighted by atomic mass is 10.0. The Hall–Kier alpha value is -0.650. The number of amides is 1. The number of likely N-dealkylation sites (tertiary alicyclic amines) is 1. The van der Waals surface area contributed by atoms with Crippen LogP contribution in [0.3, 0.4) is 0 Å². The zero-order chi connectivity index (χ0) is 14.8. The number of carbonyl (C=O) groups is 1. The summed E-state index contributed by atoms with van der Waals surface area (Å²) in [6.45, 7) is 7.04. The quantitative estimate of drug-likeness (QED) is 0.786. The largest absolute Gasteiger partial charge is 0.389 e. The molecule has 0 aromatic carbocycles. The molecule has 0 spiro atoms. The van der Waals surface area contributed by atoms with Crippen molar-refractivity contribution in [2.75, 3.05) is 33.2 Å². The summed E-state index contributed by atoms with van der Waals surface area (Å²) < 4.78 is 0. The predicted molar refractivity (Wildman–Crippen MR) is 79.6 cm³/mol. The number of hydrogen-bond donors (Lipinski definition) is 2. The van der Waals surface area contributed by atoms with E-state index in [1.807, 2.05) is 0 Å². The van der Waals surface area contributed by atoms with E-state index in [4.69, 9.17) is 0 Å². The van der Waals surface area contributed by atoms with E-state index in [9.17, 15) is 9.90 Å². The van der Waals surface area contributed by atoms with Crippen molar-refractivity contribution >= 4 is 5.91 Å². The molecule has 1 unspecified atom stereocenters. The molecule has 0 aromatic rings. The molecule has 2 N–H and O–H groups in total. The molecule has 2 aliphatic heterocycles. The summed E-state index contributed by atoms with van der Waals surface area (Å²) in [5.74, 6) is 0.170. The Balaban J connectivity index is 1.97. The molecule has 2 saturated heterocycles. The highest BCUT2D eigenvalue weighted by molar-refractivity contribution is 5.82. The van der Waals surface area contributed by atoms with E-state index in [1.165, 1.54) is 0 Å². The maximum absolute atomic E-state index is 12.6. The first kappa shape index (κ1) is 15.7. The number of aliphatic hydroxyl groups is 1. The van der Waals surface area contributed by atoms with Gasteiger partial charge in [0.1, 0.15) is 0 Å². The van der Waals surface area contributed by atoms with Gasteiger partial charge in [-0.1, -0.05) is 0 Å². The summed E-state index contributed by atoms with van der Waals surface area (Å²) in [7, 11) is 1.80. The van der Waals surface area contributed by atoms with Crippen molar-refractivity contribution in [1.29, 1.82) is 0 Å². The minimum atomic E-state index is -0.831. The molecule has 2 fully saturated rings. The molecule has 116 valence electrons. The third-order valence-electron chi connectivity index (χ3n) is 4.36. The second-order valence-electron chi connectivity index (χ2n) is 6.88. The van der Waals surface area contributed by atoms with Crippen LogP contribution in [0, 0.1) is 0 Å². The van der Waals surface area contributed by atoms with Crippen LogP contribution in [0.25, 0.3) is 0 Å².